The molecule has 0 saturated heterocycles. The third-order valence-electron chi connectivity index (χ3n) is 1.09. The van der Waals surface area contributed by atoms with Crippen LogP contribution in [0.3, 0.4) is 0 Å². The Kier molecular flexibility index (Phi) is 2.27. The molecule has 0 bridgehead atoms. The van der Waals surface area contributed by atoms with Gasteiger partial charge in [-0.1, -0.05) is 0 Å². The smallest absolute Gasteiger partial charge is 0.373 e. The molecule has 6 heteroatoms. The van der Waals surface area contributed by atoms with E-state index in [1.54, 1.807) is 0 Å². The Bertz CT molecular complexity index is 303. The van der Waals surface area contributed by atoms with E-state index < -0.39 is 23.9 Å². The Balaban J connectivity index is 3.04. The first kappa shape index (κ1) is 8.51. The summed E-state index contributed by atoms with van der Waals surface area (Å²) < 4.78 is 23.9. The van der Waals surface area contributed by atoms with E-state index in [0.717, 1.165) is 12.3 Å². The van der Waals surface area contributed by atoms with Gasteiger partial charge in [-0.05, 0) is 6.07 Å². The van der Waals surface area contributed by atoms with E-state index in [0.29, 0.717) is 0 Å². The van der Waals surface area contributed by atoms with Crippen LogP contribution in [0.4, 0.5) is 8.78 Å². The van der Waals surface area contributed by atoms with Gasteiger partial charge in [0.2, 0.25) is 5.82 Å². The molecule has 1 heterocycles. The van der Waals surface area contributed by atoms with Crippen LogP contribution < -0.4 is 0 Å². The molecule has 0 aliphatic rings. The second-order valence-electron chi connectivity index (χ2n) is 1.91. The summed E-state index contributed by atoms with van der Waals surface area (Å²) in [6.45, 7) is 0. The minimum Gasteiger partial charge on any atom is -0.475 e. The first-order valence-corrected chi connectivity index (χ1v) is 2.95. The molecular formula is C6H4F2N2O2. The number of aromatic carboxylic acids is 1. The first-order chi connectivity index (χ1) is 5.61. The molecule has 1 aromatic heterocycles. The molecule has 0 fully saturated rings. The molecule has 4 nitrogen and oxygen atoms in total. The summed E-state index contributed by atoms with van der Waals surface area (Å²) in [7, 11) is 0. The summed E-state index contributed by atoms with van der Waals surface area (Å²) in [4.78, 5) is 16.6. The van der Waals surface area contributed by atoms with Crippen molar-refractivity contribution in [3.8, 4) is 0 Å². The summed E-state index contributed by atoms with van der Waals surface area (Å²) in [6, 6.07) is 0.969. The zero-order chi connectivity index (χ0) is 9.14. The lowest BCUT2D eigenvalue weighted by atomic mass is 10.4. The average Bonchev–Trinajstić information content (AvgIpc) is 2.04. The Morgan fingerprint density at radius 3 is 2.75 bits per heavy atom. The van der Waals surface area contributed by atoms with Gasteiger partial charge in [-0.2, -0.15) is 0 Å². The fourth-order valence-electron chi connectivity index (χ4n) is 0.597. The Hall–Kier alpha value is -1.59. The van der Waals surface area contributed by atoms with E-state index in [-0.39, 0.29) is 0 Å². The molecule has 1 rings (SSSR count). The normalized spacial score (nSPS) is 10.2. The van der Waals surface area contributed by atoms with Crippen LogP contribution in [0, 0.1) is 0 Å². The first-order valence-electron chi connectivity index (χ1n) is 2.95. The molecule has 0 radical (unpaired) electrons. The van der Waals surface area contributed by atoms with Gasteiger partial charge in [-0.15, -0.1) is 0 Å². The number of aromatic nitrogens is 2. The Morgan fingerprint density at radius 2 is 2.25 bits per heavy atom. The lowest BCUT2D eigenvalue weighted by molar-refractivity contribution is 0.0681. The third kappa shape index (κ3) is 1.71. The van der Waals surface area contributed by atoms with E-state index in [2.05, 4.69) is 9.97 Å². The average molecular weight is 174 g/mol. The minimum absolute atomic E-state index is 0.581. The number of alkyl halides is 2. The lowest BCUT2D eigenvalue weighted by Crippen LogP contribution is -2.05. The molecule has 0 saturated carbocycles. The molecule has 0 amide bonds. The van der Waals surface area contributed by atoms with Gasteiger partial charge < -0.3 is 5.11 Å². The fraction of sp³-hybridized carbons (Fsp3) is 0.167. The SMILES string of the molecule is O=C(O)c1nccc(C(F)F)n1. The molecule has 0 aliphatic carbocycles. The summed E-state index contributed by atoms with van der Waals surface area (Å²) in [5.74, 6) is -2.04. The van der Waals surface area contributed by atoms with Crippen LogP contribution in [-0.2, 0) is 0 Å². The van der Waals surface area contributed by atoms with Gasteiger partial charge in [0.25, 0.3) is 6.43 Å². The summed E-state index contributed by atoms with van der Waals surface area (Å²) in [6.07, 6.45) is -1.79. The molecule has 1 aromatic rings. The molecule has 0 aliphatic heterocycles. The highest BCUT2D eigenvalue weighted by Gasteiger charge is 2.12. The Morgan fingerprint density at radius 1 is 1.58 bits per heavy atom. The fourth-order valence-corrected chi connectivity index (χ4v) is 0.597. The van der Waals surface area contributed by atoms with Crippen molar-refractivity contribution < 1.29 is 18.7 Å². The number of carboxylic acid groups (broad SMARTS) is 1. The van der Waals surface area contributed by atoms with Gasteiger partial charge in [-0.3, -0.25) is 0 Å². The number of carbonyl (C=O) groups is 1. The largest absolute Gasteiger partial charge is 0.475 e. The van der Waals surface area contributed by atoms with Crippen LogP contribution in [0.1, 0.15) is 22.7 Å². The molecular weight excluding hydrogens is 170 g/mol. The minimum atomic E-state index is -2.77. The van der Waals surface area contributed by atoms with Crippen molar-refractivity contribution in [3.05, 3.63) is 23.8 Å². The summed E-state index contributed by atoms with van der Waals surface area (Å²) >= 11 is 0. The molecule has 0 atom stereocenters. The van der Waals surface area contributed by atoms with Crippen molar-refractivity contribution in [1.82, 2.24) is 9.97 Å². The summed E-state index contributed by atoms with van der Waals surface area (Å²) in [5.41, 5.74) is -0.581. The van der Waals surface area contributed by atoms with Crippen LogP contribution in [0.2, 0.25) is 0 Å². The number of nitrogens with zero attached hydrogens (tertiary/aromatic N) is 2. The molecule has 0 spiro atoms. The molecule has 64 valence electrons. The summed E-state index contributed by atoms with van der Waals surface area (Å²) in [5, 5.41) is 8.32. The van der Waals surface area contributed by atoms with Crippen molar-refractivity contribution in [3.63, 3.8) is 0 Å². The van der Waals surface area contributed by atoms with Crippen LogP contribution >= 0.6 is 0 Å². The topological polar surface area (TPSA) is 63.1 Å². The van der Waals surface area contributed by atoms with Crippen molar-refractivity contribution in [2.45, 2.75) is 6.43 Å². The second-order valence-corrected chi connectivity index (χ2v) is 1.91. The van der Waals surface area contributed by atoms with Crippen LogP contribution in [-0.4, -0.2) is 21.0 Å². The zero-order valence-electron chi connectivity index (χ0n) is 5.74. The van der Waals surface area contributed by atoms with Crippen molar-refractivity contribution in [1.29, 1.82) is 0 Å². The number of carboxylic acids is 1. The maximum absolute atomic E-state index is 11.9. The monoisotopic (exact) mass is 174 g/mol. The Labute approximate surface area is 65.9 Å². The van der Waals surface area contributed by atoms with E-state index in [1.807, 2.05) is 0 Å². The standard InChI is InChI=1S/C6H4F2N2O2/c7-4(8)3-1-2-9-5(10-3)6(11)12/h1-2,4H,(H,11,12). The molecule has 12 heavy (non-hydrogen) atoms. The second kappa shape index (κ2) is 3.21. The molecule has 0 aromatic carbocycles. The van der Waals surface area contributed by atoms with E-state index in [4.69, 9.17) is 5.11 Å². The van der Waals surface area contributed by atoms with Gasteiger partial charge in [0.1, 0.15) is 5.69 Å². The maximum atomic E-state index is 11.9. The van der Waals surface area contributed by atoms with E-state index in [1.165, 1.54) is 0 Å². The van der Waals surface area contributed by atoms with Crippen molar-refractivity contribution >= 4 is 5.97 Å². The van der Waals surface area contributed by atoms with Crippen molar-refractivity contribution in [2.24, 2.45) is 0 Å². The highest BCUT2D eigenvalue weighted by Crippen LogP contribution is 2.14. The maximum Gasteiger partial charge on any atom is 0.373 e. The predicted molar refractivity (Wildman–Crippen MR) is 33.9 cm³/mol. The van der Waals surface area contributed by atoms with Crippen molar-refractivity contribution in [2.75, 3.05) is 0 Å². The third-order valence-corrected chi connectivity index (χ3v) is 1.09. The van der Waals surface area contributed by atoms with Gasteiger partial charge in [-0.25, -0.2) is 23.5 Å². The quantitative estimate of drug-likeness (QED) is 0.729. The van der Waals surface area contributed by atoms with Crippen LogP contribution in [0.25, 0.3) is 0 Å². The zero-order valence-corrected chi connectivity index (χ0v) is 5.74. The number of hydrogen-bond donors (Lipinski definition) is 1. The molecule has 0 unspecified atom stereocenters. The van der Waals surface area contributed by atoms with Gasteiger partial charge in [0.05, 0.1) is 0 Å². The highest BCUT2D eigenvalue weighted by molar-refractivity contribution is 5.82. The van der Waals surface area contributed by atoms with Gasteiger partial charge >= 0.3 is 5.97 Å². The van der Waals surface area contributed by atoms with Gasteiger partial charge in [0.15, 0.2) is 0 Å². The number of rotatable bonds is 2. The van der Waals surface area contributed by atoms with Crippen LogP contribution in [0.15, 0.2) is 12.3 Å². The number of halogens is 2. The van der Waals surface area contributed by atoms with E-state index in [9.17, 15) is 13.6 Å². The number of hydrogen-bond acceptors (Lipinski definition) is 3. The van der Waals surface area contributed by atoms with Gasteiger partial charge in [0, 0.05) is 6.20 Å². The van der Waals surface area contributed by atoms with Crippen LogP contribution in [0.5, 0.6) is 0 Å². The lowest BCUT2D eigenvalue weighted by Gasteiger charge is -1.97. The molecule has 1 N–H and O–H groups in total. The van der Waals surface area contributed by atoms with E-state index >= 15 is 0 Å². The predicted octanol–water partition coefficient (Wildman–Crippen LogP) is 1.11. The highest BCUT2D eigenvalue weighted by atomic mass is 19.3.